The third kappa shape index (κ3) is 3.46. The van der Waals surface area contributed by atoms with Crippen molar-refractivity contribution < 1.29 is 9.72 Å². The van der Waals surface area contributed by atoms with Gasteiger partial charge in [-0.25, -0.2) is 0 Å². The highest BCUT2D eigenvalue weighted by molar-refractivity contribution is 7.99. The van der Waals surface area contributed by atoms with Gasteiger partial charge in [0.25, 0.3) is 11.6 Å². The molecule has 1 rings (SSSR count). The van der Waals surface area contributed by atoms with Gasteiger partial charge < -0.3 is 5.32 Å². The molecule has 6 nitrogen and oxygen atoms in total. The zero-order valence-corrected chi connectivity index (χ0v) is 9.73. The first-order valence-electron chi connectivity index (χ1n) is 4.56. The first-order chi connectivity index (χ1) is 8.08. The van der Waals surface area contributed by atoms with Crippen LogP contribution in [0.2, 0.25) is 0 Å². The Morgan fingerprint density at radius 1 is 1.53 bits per heavy atom. The summed E-state index contributed by atoms with van der Waals surface area (Å²) in [6.07, 6.45) is 1.70. The molecule has 0 spiro atoms. The summed E-state index contributed by atoms with van der Waals surface area (Å²) in [5.74, 6) is -0.430. The lowest BCUT2D eigenvalue weighted by Gasteiger charge is -2.08. The van der Waals surface area contributed by atoms with E-state index in [1.54, 1.807) is 6.26 Å². The maximum absolute atomic E-state index is 11.6. The topological polar surface area (TPSA) is 96.0 Å². The van der Waals surface area contributed by atoms with Crippen LogP contribution in [0.15, 0.2) is 24.3 Å². The minimum absolute atomic E-state index is 0.0803. The molecule has 0 heterocycles. The zero-order chi connectivity index (χ0) is 12.8. The summed E-state index contributed by atoms with van der Waals surface area (Å²) in [5, 5.41) is 20.9. The van der Waals surface area contributed by atoms with Gasteiger partial charge in [0.2, 0.25) is 0 Å². The van der Waals surface area contributed by atoms with E-state index >= 15 is 0 Å². The number of nitrogens with zero attached hydrogens (tertiary/aromatic N) is 2. The van der Waals surface area contributed by atoms with Crippen molar-refractivity contribution in [3.05, 3.63) is 39.9 Å². The van der Waals surface area contributed by atoms with Gasteiger partial charge in [-0.1, -0.05) is 0 Å². The highest BCUT2D eigenvalue weighted by Gasteiger charge is 2.13. The van der Waals surface area contributed by atoms with Crippen LogP contribution in [0, 0.1) is 21.4 Å². The maximum Gasteiger partial charge on any atom is 0.269 e. The van der Waals surface area contributed by atoms with E-state index in [-0.39, 0.29) is 11.3 Å². The van der Waals surface area contributed by atoms with Gasteiger partial charge in [0, 0.05) is 17.7 Å². The van der Waals surface area contributed by atoms with E-state index in [0.717, 1.165) is 0 Å². The number of nitriles is 1. The molecule has 0 saturated heterocycles. The Balaban J connectivity index is 2.77. The number of hydrogen-bond donors (Lipinski definition) is 1. The fourth-order valence-electron chi connectivity index (χ4n) is 1.08. The molecule has 1 amide bonds. The molecule has 1 aromatic rings. The number of nitro benzene ring substituents is 1. The fraction of sp³-hybridized carbons (Fsp3) is 0.200. The Kier molecular flexibility index (Phi) is 4.48. The molecule has 0 radical (unpaired) electrons. The molecular weight excluding hydrogens is 242 g/mol. The molecule has 1 unspecified atom stereocenters. The number of nitro groups is 1. The molecule has 7 heteroatoms. The normalized spacial score (nSPS) is 11.3. The van der Waals surface area contributed by atoms with Crippen LogP contribution in [0.1, 0.15) is 10.4 Å². The predicted molar refractivity (Wildman–Crippen MR) is 63.5 cm³/mol. The Morgan fingerprint density at radius 3 is 2.53 bits per heavy atom. The minimum Gasteiger partial charge on any atom is -0.328 e. The van der Waals surface area contributed by atoms with Crippen LogP contribution >= 0.6 is 11.8 Å². The quantitative estimate of drug-likeness (QED) is 0.497. The van der Waals surface area contributed by atoms with E-state index in [2.05, 4.69) is 5.32 Å². The molecule has 0 fully saturated rings. The Hall–Kier alpha value is -2.07. The van der Waals surface area contributed by atoms with E-state index in [4.69, 9.17) is 5.26 Å². The summed E-state index contributed by atoms with van der Waals surface area (Å²) in [6.45, 7) is 0. The molecule has 0 aliphatic rings. The van der Waals surface area contributed by atoms with E-state index in [1.165, 1.54) is 36.0 Å². The van der Waals surface area contributed by atoms with Crippen LogP contribution < -0.4 is 5.32 Å². The van der Waals surface area contributed by atoms with Gasteiger partial charge in [-0.2, -0.15) is 5.26 Å². The molecule has 0 aliphatic carbocycles. The van der Waals surface area contributed by atoms with Crippen LogP contribution in [0.25, 0.3) is 0 Å². The van der Waals surface area contributed by atoms with Gasteiger partial charge in [-0.05, 0) is 18.4 Å². The third-order valence-corrected chi connectivity index (χ3v) is 2.65. The van der Waals surface area contributed by atoms with Gasteiger partial charge in [-0.15, -0.1) is 11.8 Å². The summed E-state index contributed by atoms with van der Waals surface area (Å²) in [5.41, 5.74) is 0.202. The highest BCUT2D eigenvalue weighted by atomic mass is 32.2. The summed E-state index contributed by atoms with van der Waals surface area (Å²) < 4.78 is 0. The van der Waals surface area contributed by atoms with Crippen molar-refractivity contribution in [1.29, 1.82) is 5.26 Å². The first kappa shape index (κ1) is 13.0. The summed E-state index contributed by atoms with van der Waals surface area (Å²) in [6, 6.07) is 7.09. The van der Waals surface area contributed by atoms with Crippen molar-refractivity contribution in [1.82, 2.24) is 5.32 Å². The number of amides is 1. The molecule has 0 saturated carbocycles. The van der Waals surface area contributed by atoms with Gasteiger partial charge >= 0.3 is 0 Å². The second-order valence-corrected chi connectivity index (χ2v) is 3.97. The van der Waals surface area contributed by atoms with E-state index < -0.39 is 16.2 Å². The van der Waals surface area contributed by atoms with Gasteiger partial charge in [0.05, 0.1) is 11.0 Å². The Labute approximate surface area is 102 Å². The second-order valence-electron chi connectivity index (χ2n) is 3.02. The number of rotatable bonds is 4. The van der Waals surface area contributed by atoms with Crippen molar-refractivity contribution in [2.24, 2.45) is 0 Å². The van der Waals surface area contributed by atoms with E-state index in [1.807, 2.05) is 6.07 Å². The first-order valence-corrected chi connectivity index (χ1v) is 5.85. The summed E-state index contributed by atoms with van der Waals surface area (Å²) in [7, 11) is 0. The fourth-order valence-corrected chi connectivity index (χ4v) is 1.41. The molecule has 0 aromatic heterocycles. The predicted octanol–water partition coefficient (Wildman–Crippen LogP) is 1.54. The number of non-ortho nitro benzene ring substituents is 1. The molecule has 1 aromatic carbocycles. The Bertz CT molecular complexity index is 467. The lowest BCUT2D eigenvalue weighted by Crippen LogP contribution is -2.31. The minimum atomic E-state index is -0.627. The molecule has 17 heavy (non-hydrogen) atoms. The molecule has 88 valence electrons. The van der Waals surface area contributed by atoms with Crippen molar-refractivity contribution in [3.63, 3.8) is 0 Å². The molecule has 0 aliphatic heterocycles. The summed E-state index contributed by atoms with van der Waals surface area (Å²) >= 11 is 1.20. The van der Waals surface area contributed by atoms with Crippen LogP contribution in [0.4, 0.5) is 5.69 Å². The van der Waals surface area contributed by atoms with Crippen molar-refractivity contribution in [2.45, 2.75) is 5.37 Å². The average molecular weight is 251 g/mol. The van der Waals surface area contributed by atoms with E-state index in [9.17, 15) is 14.9 Å². The number of carbonyl (C=O) groups is 1. The largest absolute Gasteiger partial charge is 0.328 e. The monoisotopic (exact) mass is 251 g/mol. The van der Waals surface area contributed by atoms with Gasteiger partial charge in [0.1, 0.15) is 0 Å². The second kappa shape index (κ2) is 5.86. The summed E-state index contributed by atoms with van der Waals surface area (Å²) in [4.78, 5) is 21.5. The highest BCUT2D eigenvalue weighted by Crippen LogP contribution is 2.12. The number of benzene rings is 1. The van der Waals surface area contributed by atoms with Crippen molar-refractivity contribution >= 4 is 23.4 Å². The van der Waals surface area contributed by atoms with Crippen LogP contribution in [0.3, 0.4) is 0 Å². The van der Waals surface area contributed by atoms with Crippen molar-refractivity contribution in [2.75, 3.05) is 6.26 Å². The van der Waals surface area contributed by atoms with Crippen LogP contribution in [-0.4, -0.2) is 22.5 Å². The van der Waals surface area contributed by atoms with Gasteiger partial charge in [-0.3, -0.25) is 14.9 Å². The number of thioether (sulfide) groups is 1. The SMILES string of the molecule is CSC(C#N)NC(=O)c1ccc([N+](=O)[O-])cc1. The molecular formula is C10H9N3O3S. The maximum atomic E-state index is 11.6. The van der Waals surface area contributed by atoms with Crippen LogP contribution in [0.5, 0.6) is 0 Å². The molecule has 1 atom stereocenters. The molecule has 1 N–H and O–H groups in total. The smallest absolute Gasteiger partial charge is 0.269 e. The lowest BCUT2D eigenvalue weighted by molar-refractivity contribution is -0.384. The third-order valence-electron chi connectivity index (χ3n) is 1.96. The van der Waals surface area contributed by atoms with Gasteiger partial charge in [0.15, 0.2) is 5.37 Å². The number of nitrogens with one attached hydrogen (secondary N) is 1. The van der Waals surface area contributed by atoms with Crippen molar-refractivity contribution in [3.8, 4) is 6.07 Å². The van der Waals surface area contributed by atoms with Crippen LogP contribution in [-0.2, 0) is 0 Å². The number of carbonyl (C=O) groups excluding carboxylic acids is 1. The average Bonchev–Trinajstić information content (AvgIpc) is 2.35. The Morgan fingerprint density at radius 2 is 2.12 bits per heavy atom. The van der Waals surface area contributed by atoms with E-state index in [0.29, 0.717) is 0 Å². The standard InChI is InChI=1S/C10H9N3O3S/c1-17-9(6-11)12-10(14)7-2-4-8(5-3-7)13(15)16/h2-5,9H,1H3,(H,12,14). The zero-order valence-electron chi connectivity index (χ0n) is 8.91. The molecule has 0 bridgehead atoms. The number of hydrogen-bond acceptors (Lipinski definition) is 5. The lowest BCUT2D eigenvalue weighted by atomic mass is 10.2.